The number of methoxy groups -OCH3 is 1. The van der Waals surface area contributed by atoms with Crippen molar-refractivity contribution in [3.8, 4) is 0 Å². The summed E-state index contributed by atoms with van der Waals surface area (Å²) in [4.78, 5) is 15.9. The molecule has 2 atom stereocenters. The zero-order valence-corrected chi connectivity index (χ0v) is 16.7. The fourth-order valence-corrected chi connectivity index (χ4v) is 6.43. The third-order valence-electron chi connectivity index (χ3n) is 7.32. The molecular weight excluding hydrogens is 378 g/mol. The molecule has 1 saturated carbocycles. The number of ether oxygens (including phenoxy) is 1. The van der Waals surface area contributed by atoms with Gasteiger partial charge in [-0.2, -0.15) is 0 Å². The Kier molecular flexibility index (Phi) is 4.70. The zero-order valence-electron chi connectivity index (χ0n) is 15.1. The topological polar surface area (TPSA) is 29.5 Å². The highest BCUT2D eigenvalue weighted by molar-refractivity contribution is 9.10. The number of piperidine rings is 3. The number of carbonyl (C=O) groups excluding carboxylic acids is 1. The second-order valence-electron chi connectivity index (χ2n) is 8.23. The van der Waals surface area contributed by atoms with E-state index in [0.29, 0.717) is 11.3 Å². The van der Waals surface area contributed by atoms with Crippen LogP contribution >= 0.6 is 15.9 Å². The predicted octanol–water partition coefficient (Wildman–Crippen LogP) is 4.54. The Hall–Kier alpha value is -0.870. The number of halogens is 1. The van der Waals surface area contributed by atoms with Crippen LogP contribution in [0.1, 0.15) is 50.5 Å². The highest BCUT2D eigenvalue weighted by Gasteiger charge is 2.58. The van der Waals surface area contributed by atoms with Gasteiger partial charge in [-0.05, 0) is 80.8 Å². The Morgan fingerprint density at radius 2 is 1.88 bits per heavy atom. The van der Waals surface area contributed by atoms with E-state index >= 15 is 0 Å². The Morgan fingerprint density at radius 3 is 2.52 bits per heavy atom. The minimum absolute atomic E-state index is 0.0160. The van der Waals surface area contributed by atoms with Gasteiger partial charge < -0.3 is 9.64 Å². The van der Waals surface area contributed by atoms with Gasteiger partial charge >= 0.3 is 5.97 Å². The van der Waals surface area contributed by atoms with Gasteiger partial charge in [0.2, 0.25) is 0 Å². The average Bonchev–Trinajstić information content (AvgIpc) is 2.68. The first-order chi connectivity index (χ1) is 12.1. The van der Waals surface area contributed by atoms with Gasteiger partial charge in [-0.1, -0.05) is 40.9 Å². The molecule has 1 aliphatic carbocycles. The fraction of sp³-hybridized carbons (Fsp3) is 0.667. The molecule has 4 aliphatic rings. The standard InChI is InChI=1S/C21H28BrNO2/c1-25-19(24)21(16-5-4-6-17(22)15-16)8-3-2-7-18(21)20-9-12-23(13-10-20)14-11-20/h4-6,15,18H,2-3,7-14H2,1H3. The van der Waals surface area contributed by atoms with Crippen LogP contribution in [-0.4, -0.2) is 37.6 Å². The molecule has 4 heteroatoms. The molecule has 3 aliphatic heterocycles. The lowest BCUT2D eigenvalue weighted by Crippen LogP contribution is -2.59. The fourth-order valence-electron chi connectivity index (χ4n) is 6.03. The van der Waals surface area contributed by atoms with Crippen molar-refractivity contribution in [2.24, 2.45) is 11.3 Å². The van der Waals surface area contributed by atoms with Gasteiger partial charge in [0.15, 0.2) is 0 Å². The van der Waals surface area contributed by atoms with E-state index in [0.717, 1.165) is 29.3 Å². The highest BCUT2D eigenvalue weighted by Crippen LogP contribution is 2.58. The first-order valence-electron chi connectivity index (χ1n) is 9.68. The molecule has 2 bridgehead atoms. The molecule has 3 heterocycles. The third-order valence-corrected chi connectivity index (χ3v) is 7.81. The summed E-state index contributed by atoms with van der Waals surface area (Å²) in [7, 11) is 1.56. The van der Waals surface area contributed by atoms with Crippen molar-refractivity contribution in [1.82, 2.24) is 4.90 Å². The van der Waals surface area contributed by atoms with Gasteiger partial charge in [-0.3, -0.25) is 4.79 Å². The summed E-state index contributed by atoms with van der Waals surface area (Å²) in [6, 6.07) is 8.42. The smallest absolute Gasteiger partial charge is 0.316 e. The van der Waals surface area contributed by atoms with Gasteiger partial charge in [-0.25, -0.2) is 0 Å². The molecule has 3 nitrogen and oxygen atoms in total. The third kappa shape index (κ3) is 2.76. The van der Waals surface area contributed by atoms with Crippen molar-refractivity contribution in [3.05, 3.63) is 34.3 Å². The average molecular weight is 406 g/mol. The van der Waals surface area contributed by atoms with Gasteiger partial charge in [0, 0.05) is 4.47 Å². The van der Waals surface area contributed by atoms with Crippen molar-refractivity contribution >= 4 is 21.9 Å². The van der Waals surface area contributed by atoms with E-state index < -0.39 is 5.41 Å². The number of hydrogen-bond acceptors (Lipinski definition) is 3. The maximum Gasteiger partial charge on any atom is 0.316 e. The maximum atomic E-state index is 13.3. The number of rotatable bonds is 3. The number of esters is 1. The van der Waals surface area contributed by atoms with E-state index in [2.05, 4.69) is 39.0 Å². The number of nitrogens with zero attached hydrogens (tertiary/aromatic N) is 1. The summed E-state index contributed by atoms with van der Waals surface area (Å²) in [6.45, 7) is 3.60. The van der Waals surface area contributed by atoms with Crippen LogP contribution in [0.3, 0.4) is 0 Å². The molecule has 3 saturated heterocycles. The molecule has 0 N–H and O–H groups in total. The Bertz CT molecular complexity index is 639. The summed E-state index contributed by atoms with van der Waals surface area (Å²) >= 11 is 3.62. The van der Waals surface area contributed by atoms with Gasteiger partial charge in [0.25, 0.3) is 0 Å². The Labute approximate surface area is 159 Å². The molecule has 1 aromatic carbocycles. The van der Waals surface area contributed by atoms with E-state index in [9.17, 15) is 4.79 Å². The van der Waals surface area contributed by atoms with Crippen LogP contribution in [-0.2, 0) is 14.9 Å². The number of fused-ring (bicyclic) bond motifs is 3. The molecule has 136 valence electrons. The van der Waals surface area contributed by atoms with Gasteiger partial charge in [0.1, 0.15) is 0 Å². The first kappa shape index (κ1) is 17.5. The molecule has 4 fully saturated rings. The number of hydrogen-bond donors (Lipinski definition) is 0. The zero-order chi connectivity index (χ0) is 17.5. The van der Waals surface area contributed by atoms with E-state index in [1.165, 1.54) is 45.3 Å². The number of benzene rings is 1. The predicted molar refractivity (Wildman–Crippen MR) is 103 cm³/mol. The first-order valence-corrected chi connectivity index (χ1v) is 10.5. The lowest BCUT2D eigenvalue weighted by molar-refractivity contribution is -0.159. The lowest BCUT2D eigenvalue weighted by atomic mass is 9.49. The summed E-state index contributed by atoms with van der Waals surface area (Å²) in [5.41, 5.74) is 0.989. The quantitative estimate of drug-likeness (QED) is 0.691. The van der Waals surface area contributed by atoms with Crippen molar-refractivity contribution in [2.45, 2.75) is 50.4 Å². The summed E-state index contributed by atoms with van der Waals surface area (Å²) in [5, 5.41) is 0. The monoisotopic (exact) mass is 405 g/mol. The SMILES string of the molecule is COC(=O)C1(c2cccc(Br)c2)CCCCC1C12CCN(CC1)CC2. The van der Waals surface area contributed by atoms with Crippen molar-refractivity contribution in [3.63, 3.8) is 0 Å². The van der Waals surface area contributed by atoms with Gasteiger partial charge in [-0.15, -0.1) is 0 Å². The molecule has 25 heavy (non-hydrogen) atoms. The molecule has 0 amide bonds. The summed E-state index contributed by atoms with van der Waals surface area (Å²) in [5.74, 6) is 0.385. The van der Waals surface area contributed by atoms with E-state index in [1.807, 2.05) is 6.07 Å². The minimum atomic E-state index is -0.476. The summed E-state index contributed by atoms with van der Waals surface area (Å²) in [6.07, 6.45) is 8.15. The highest BCUT2D eigenvalue weighted by atomic mass is 79.9. The maximum absolute atomic E-state index is 13.3. The molecule has 0 radical (unpaired) electrons. The largest absolute Gasteiger partial charge is 0.468 e. The Morgan fingerprint density at radius 1 is 1.16 bits per heavy atom. The molecule has 1 aromatic rings. The van der Waals surface area contributed by atoms with Crippen LogP contribution in [0.2, 0.25) is 0 Å². The second-order valence-corrected chi connectivity index (χ2v) is 9.14. The van der Waals surface area contributed by atoms with Crippen LogP contribution in [0.25, 0.3) is 0 Å². The van der Waals surface area contributed by atoms with Crippen molar-refractivity contribution in [2.75, 3.05) is 26.7 Å². The van der Waals surface area contributed by atoms with Crippen molar-refractivity contribution in [1.29, 1.82) is 0 Å². The number of carbonyl (C=O) groups is 1. The molecule has 5 rings (SSSR count). The second kappa shape index (κ2) is 6.70. The Balaban J connectivity index is 1.83. The van der Waals surface area contributed by atoms with Crippen LogP contribution in [0, 0.1) is 11.3 Å². The van der Waals surface area contributed by atoms with Crippen LogP contribution in [0.5, 0.6) is 0 Å². The normalized spacial score (nSPS) is 37.7. The van der Waals surface area contributed by atoms with Gasteiger partial charge in [0.05, 0.1) is 12.5 Å². The molecule has 2 unspecified atom stereocenters. The van der Waals surface area contributed by atoms with Crippen LogP contribution in [0.4, 0.5) is 0 Å². The van der Waals surface area contributed by atoms with E-state index in [4.69, 9.17) is 4.74 Å². The summed E-state index contributed by atoms with van der Waals surface area (Å²) < 4.78 is 6.50. The van der Waals surface area contributed by atoms with Crippen molar-refractivity contribution < 1.29 is 9.53 Å². The minimum Gasteiger partial charge on any atom is -0.468 e. The van der Waals surface area contributed by atoms with E-state index in [1.54, 1.807) is 7.11 Å². The van der Waals surface area contributed by atoms with E-state index in [-0.39, 0.29) is 5.97 Å². The lowest BCUT2D eigenvalue weighted by Gasteiger charge is -2.58. The van der Waals surface area contributed by atoms with Crippen LogP contribution < -0.4 is 0 Å². The molecule has 0 aromatic heterocycles. The molecular formula is C21H28BrNO2. The molecule has 0 spiro atoms. The van der Waals surface area contributed by atoms with Crippen LogP contribution in [0.15, 0.2) is 28.7 Å².